The van der Waals surface area contributed by atoms with Crippen LogP contribution < -0.4 is 10.6 Å². The van der Waals surface area contributed by atoms with Crippen molar-refractivity contribution in [2.45, 2.75) is 14.4 Å². The van der Waals surface area contributed by atoms with Crippen LogP contribution in [0.15, 0.2) is 0 Å². The molecule has 0 amide bonds. The van der Waals surface area contributed by atoms with Crippen LogP contribution in [0, 0.1) is 0 Å². The Kier molecular flexibility index (Phi) is 11.1. The molecule has 0 spiro atoms. The average Bonchev–Trinajstić information content (AvgIpc) is 1.90. The van der Waals surface area contributed by atoms with Gasteiger partial charge in [0.15, 0.2) is 0 Å². The Hall–Kier alpha value is -0.610. The van der Waals surface area contributed by atoms with Crippen molar-refractivity contribution >= 4 is 5.97 Å². The van der Waals surface area contributed by atoms with E-state index in [9.17, 15) is 0 Å². The van der Waals surface area contributed by atoms with Crippen molar-refractivity contribution in [3.05, 3.63) is 0 Å². The molecule has 0 atom stereocenters. The highest BCUT2D eigenvalue weighted by Gasteiger charge is 1.91. The quantitative estimate of drug-likeness (QED) is 0.466. The molecule has 0 bridgehead atoms. The van der Waals surface area contributed by atoms with Crippen molar-refractivity contribution in [1.29, 1.82) is 0 Å². The van der Waals surface area contributed by atoms with E-state index in [4.69, 9.17) is 9.90 Å². The minimum Gasteiger partial charge on any atom is -0.481 e. The second-order valence-electron chi connectivity index (χ2n) is 2.02. The number of carbonyl (C=O) groups is 1. The Morgan fingerprint density at radius 2 is 1.36 bits per heavy atom. The number of hydrogen-bond acceptors (Lipinski definition) is 3. The fourth-order valence-electron chi connectivity index (χ4n) is 0.604. The lowest BCUT2D eigenvalue weighted by Gasteiger charge is -2.11. The molecule has 11 heavy (non-hydrogen) atoms. The highest BCUT2D eigenvalue weighted by molar-refractivity contribution is 5.62. The van der Waals surface area contributed by atoms with E-state index in [1.165, 1.54) is 0 Å². The zero-order valence-electron chi connectivity index (χ0n) is 6.18. The topological polar surface area (TPSA) is 61.4 Å². The van der Waals surface area contributed by atoms with Gasteiger partial charge in [0.05, 0.1) is 0 Å². The van der Waals surface area contributed by atoms with Gasteiger partial charge in [-0.05, 0) is 0 Å². The van der Waals surface area contributed by atoms with Crippen molar-refractivity contribution < 1.29 is 9.90 Å². The van der Waals surface area contributed by atoms with Crippen molar-refractivity contribution in [3.8, 4) is 0 Å². The number of rotatable bonds is 0. The standard InChI is InChI=1S/C4H10N2.C2H4O2.CH4/c1-2-6-4-3-5-1;1-2(3)4;/h5-6H,1-4H2;1H3,(H,3,4);1H4. The van der Waals surface area contributed by atoms with Gasteiger partial charge in [-0.3, -0.25) is 4.79 Å². The van der Waals surface area contributed by atoms with Crippen LogP contribution in [0.3, 0.4) is 0 Å². The van der Waals surface area contributed by atoms with Gasteiger partial charge < -0.3 is 15.7 Å². The molecule has 1 rings (SSSR count). The highest BCUT2D eigenvalue weighted by atomic mass is 16.4. The predicted octanol–water partition coefficient (Wildman–Crippen LogP) is -0.0938. The lowest BCUT2D eigenvalue weighted by molar-refractivity contribution is -0.134. The Morgan fingerprint density at radius 3 is 1.45 bits per heavy atom. The summed E-state index contributed by atoms with van der Waals surface area (Å²) in [6, 6.07) is 0. The summed E-state index contributed by atoms with van der Waals surface area (Å²) in [6.45, 7) is 5.64. The SMILES string of the molecule is C.C1CNCCN1.CC(=O)O. The minimum absolute atomic E-state index is 0. The first-order chi connectivity index (χ1) is 4.73. The van der Waals surface area contributed by atoms with Crippen molar-refractivity contribution in [2.75, 3.05) is 26.2 Å². The molecule has 68 valence electrons. The van der Waals surface area contributed by atoms with Gasteiger partial charge in [-0.2, -0.15) is 0 Å². The maximum absolute atomic E-state index is 9.00. The Morgan fingerprint density at radius 1 is 1.18 bits per heavy atom. The number of aliphatic carboxylic acids is 1. The Balaban J connectivity index is 0. The van der Waals surface area contributed by atoms with E-state index in [2.05, 4.69) is 10.6 Å². The molecule has 1 aliphatic rings. The monoisotopic (exact) mass is 162 g/mol. The summed E-state index contributed by atoms with van der Waals surface area (Å²) in [7, 11) is 0. The Bertz CT molecular complexity index is 76.9. The largest absolute Gasteiger partial charge is 0.481 e. The molecule has 1 heterocycles. The van der Waals surface area contributed by atoms with Crippen molar-refractivity contribution in [2.24, 2.45) is 0 Å². The lowest BCUT2D eigenvalue weighted by Crippen LogP contribution is -2.39. The highest BCUT2D eigenvalue weighted by Crippen LogP contribution is 1.65. The van der Waals surface area contributed by atoms with Gasteiger partial charge in [-0.25, -0.2) is 0 Å². The summed E-state index contributed by atoms with van der Waals surface area (Å²) in [5.41, 5.74) is 0. The van der Waals surface area contributed by atoms with E-state index in [0.29, 0.717) is 0 Å². The van der Waals surface area contributed by atoms with E-state index in [1.54, 1.807) is 0 Å². The van der Waals surface area contributed by atoms with E-state index in [1.807, 2.05) is 0 Å². The maximum Gasteiger partial charge on any atom is 0.300 e. The fourth-order valence-corrected chi connectivity index (χ4v) is 0.604. The van der Waals surface area contributed by atoms with Crippen LogP contribution in [-0.2, 0) is 4.79 Å². The zero-order valence-corrected chi connectivity index (χ0v) is 6.18. The summed E-state index contributed by atoms with van der Waals surface area (Å²) in [4.78, 5) is 9.00. The number of piperazine rings is 1. The predicted molar refractivity (Wildman–Crippen MR) is 45.8 cm³/mol. The molecule has 1 aliphatic heterocycles. The van der Waals surface area contributed by atoms with Gasteiger partial charge in [-0.15, -0.1) is 0 Å². The molecule has 3 N–H and O–H groups in total. The average molecular weight is 162 g/mol. The first-order valence-electron chi connectivity index (χ1n) is 3.34. The lowest BCUT2D eigenvalue weighted by atomic mass is 10.4. The van der Waals surface area contributed by atoms with E-state index in [0.717, 1.165) is 33.1 Å². The molecule has 0 aromatic carbocycles. The number of carboxylic acids is 1. The van der Waals surface area contributed by atoms with Crippen LogP contribution >= 0.6 is 0 Å². The van der Waals surface area contributed by atoms with Gasteiger partial charge in [0.1, 0.15) is 0 Å². The summed E-state index contributed by atoms with van der Waals surface area (Å²) in [5, 5.41) is 13.9. The summed E-state index contributed by atoms with van der Waals surface area (Å²) >= 11 is 0. The van der Waals surface area contributed by atoms with E-state index < -0.39 is 5.97 Å². The normalized spacial score (nSPS) is 15.4. The number of carboxylic acid groups (broad SMARTS) is 1. The van der Waals surface area contributed by atoms with Crippen LogP contribution in [0.2, 0.25) is 0 Å². The third-order valence-corrected chi connectivity index (χ3v) is 0.957. The summed E-state index contributed by atoms with van der Waals surface area (Å²) in [5.74, 6) is -0.833. The molecule has 0 aliphatic carbocycles. The van der Waals surface area contributed by atoms with Gasteiger partial charge in [0, 0.05) is 33.1 Å². The van der Waals surface area contributed by atoms with Gasteiger partial charge in [-0.1, -0.05) is 7.43 Å². The third-order valence-electron chi connectivity index (χ3n) is 0.957. The van der Waals surface area contributed by atoms with Crippen LogP contribution in [-0.4, -0.2) is 37.3 Å². The van der Waals surface area contributed by atoms with Crippen molar-refractivity contribution in [1.82, 2.24) is 10.6 Å². The molecule has 4 nitrogen and oxygen atoms in total. The fraction of sp³-hybridized carbons (Fsp3) is 0.857. The maximum atomic E-state index is 9.00. The molecule has 0 saturated carbocycles. The molecular weight excluding hydrogens is 144 g/mol. The van der Waals surface area contributed by atoms with Crippen molar-refractivity contribution in [3.63, 3.8) is 0 Å². The van der Waals surface area contributed by atoms with Gasteiger partial charge >= 0.3 is 0 Å². The molecular formula is C7H18N2O2. The molecule has 0 aromatic heterocycles. The molecule has 1 fully saturated rings. The van der Waals surface area contributed by atoms with Crippen LogP contribution in [0.1, 0.15) is 14.4 Å². The molecule has 0 radical (unpaired) electrons. The second kappa shape index (κ2) is 9.39. The molecule has 0 unspecified atom stereocenters. The van der Waals surface area contributed by atoms with Crippen LogP contribution in [0.4, 0.5) is 0 Å². The first kappa shape index (κ1) is 13.0. The second-order valence-corrected chi connectivity index (χ2v) is 2.02. The van der Waals surface area contributed by atoms with E-state index in [-0.39, 0.29) is 7.43 Å². The third kappa shape index (κ3) is 17.7. The Labute approximate surface area is 68.0 Å². The number of nitrogens with one attached hydrogen (secondary N) is 2. The first-order valence-corrected chi connectivity index (χ1v) is 3.34. The molecule has 0 aromatic rings. The summed E-state index contributed by atoms with van der Waals surface area (Å²) < 4.78 is 0. The summed E-state index contributed by atoms with van der Waals surface area (Å²) in [6.07, 6.45) is 0. The van der Waals surface area contributed by atoms with Crippen LogP contribution in [0.25, 0.3) is 0 Å². The number of hydrogen-bond donors (Lipinski definition) is 3. The molecule has 4 heteroatoms. The zero-order chi connectivity index (χ0) is 7.82. The van der Waals surface area contributed by atoms with Gasteiger partial charge in [0.25, 0.3) is 5.97 Å². The minimum atomic E-state index is -0.833. The van der Waals surface area contributed by atoms with E-state index >= 15 is 0 Å². The van der Waals surface area contributed by atoms with Gasteiger partial charge in [0.2, 0.25) is 0 Å². The van der Waals surface area contributed by atoms with Crippen LogP contribution in [0.5, 0.6) is 0 Å². The smallest absolute Gasteiger partial charge is 0.300 e. The molecule has 1 saturated heterocycles.